The van der Waals surface area contributed by atoms with E-state index in [0.717, 1.165) is 29.8 Å². The van der Waals surface area contributed by atoms with Crippen LogP contribution in [-0.2, 0) is 4.84 Å². The van der Waals surface area contributed by atoms with Gasteiger partial charge in [-0.2, -0.15) is 0 Å². The zero-order valence-electron chi connectivity index (χ0n) is 13.5. The van der Waals surface area contributed by atoms with Gasteiger partial charge in [-0.05, 0) is 40.0 Å². The normalized spacial score (nSPS) is 25.1. The van der Waals surface area contributed by atoms with Crippen molar-refractivity contribution in [2.75, 3.05) is 13.6 Å². The van der Waals surface area contributed by atoms with E-state index in [1.807, 2.05) is 32.0 Å². The molecule has 1 fully saturated rings. The van der Waals surface area contributed by atoms with E-state index < -0.39 is 0 Å². The van der Waals surface area contributed by atoms with Gasteiger partial charge in [0.15, 0.2) is 0 Å². The SMILES string of the molecule is Cc1cc(C)cc(C(=O)O/N=C2\C[C@@H](C)N(C)C[C@@H]2C)c1. The summed E-state index contributed by atoms with van der Waals surface area (Å²) in [7, 11) is 2.11. The van der Waals surface area contributed by atoms with Crippen LogP contribution in [0.2, 0.25) is 0 Å². The average Bonchev–Trinajstić information content (AvgIpc) is 2.40. The Bertz CT molecular complexity index is 546. The average molecular weight is 288 g/mol. The third-order valence-electron chi connectivity index (χ3n) is 4.09. The van der Waals surface area contributed by atoms with Crippen molar-refractivity contribution in [2.24, 2.45) is 11.1 Å². The van der Waals surface area contributed by atoms with Crippen LogP contribution in [0.3, 0.4) is 0 Å². The minimum absolute atomic E-state index is 0.318. The molecule has 21 heavy (non-hydrogen) atoms. The van der Waals surface area contributed by atoms with E-state index in [1.54, 1.807) is 0 Å². The Kier molecular flexibility index (Phi) is 4.78. The van der Waals surface area contributed by atoms with Gasteiger partial charge in [-0.3, -0.25) is 0 Å². The Morgan fingerprint density at radius 1 is 1.24 bits per heavy atom. The number of likely N-dealkylation sites (tertiary alicyclic amines) is 1. The standard InChI is InChI=1S/C17H24N2O2/c1-11-6-12(2)8-15(7-11)17(20)21-18-16-9-14(4)19(5)10-13(16)3/h6-8,13-14H,9-10H2,1-5H3/b18-16+/t13-,14+/m0/s1. The van der Waals surface area contributed by atoms with Crippen LogP contribution < -0.4 is 0 Å². The number of benzene rings is 1. The summed E-state index contributed by atoms with van der Waals surface area (Å²) in [6, 6.07) is 6.12. The van der Waals surface area contributed by atoms with Crippen molar-refractivity contribution in [1.29, 1.82) is 0 Å². The molecule has 2 rings (SSSR count). The topological polar surface area (TPSA) is 41.9 Å². The van der Waals surface area contributed by atoms with Gasteiger partial charge in [0.05, 0.1) is 11.3 Å². The Hall–Kier alpha value is -1.68. The van der Waals surface area contributed by atoms with E-state index in [1.165, 1.54) is 0 Å². The highest BCUT2D eigenvalue weighted by atomic mass is 16.7. The summed E-state index contributed by atoms with van der Waals surface area (Å²) < 4.78 is 0. The maximum atomic E-state index is 12.1. The Morgan fingerprint density at radius 3 is 2.48 bits per heavy atom. The number of piperidine rings is 1. The first-order valence-corrected chi connectivity index (χ1v) is 7.43. The molecule has 0 aliphatic carbocycles. The Balaban J connectivity index is 2.07. The van der Waals surface area contributed by atoms with E-state index in [2.05, 4.69) is 31.0 Å². The molecule has 1 aliphatic heterocycles. The van der Waals surface area contributed by atoms with Crippen LogP contribution >= 0.6 is 0 Å². The maximum Gasteiger partial charge on any atom is 0.365 e. The summed E-state index contributed by atoms with van der Waals surface area (Å²) in [6.45, 7) is 9.16. The van der Waals surface area contributed by atoms with Gasteiger partial charge < -0.3 is 9.74 Å². The number of carbonyl (C=O) groups is 1. The largest absolute Gasteiger partial charge is 0.365 e. The highest BCUT2D eigenvalue weighted by Gasteiger charge is 2.26. The van der Waals surface area contributed by atoms with E-state index in [0.29, 0.717) is 17.5 Å². The fourth-order valence-electron chi connectivity index (χ4n) is 2.75. The van der Waals surface area contributed by atoms with Gasteiger partial charge in [0.25, 0.3) is 0 Å². The summed E-state index contributed by atoms with van der Waals surface area (Å²) >= 11 is 0. The molecule has 0 bridgehead atoms. The highest BCUT2D eigenvalue weighted by molar-refractivity contribution is 5.92. The fraction of sp³-hybridized carbons (Fsp3) is 0.529. The number of oxime groups is 1. The first-order valence-electron chi connectivity index (χ1n) is 7.43. The number of aryl methyl sites for hydroxylation is 2. The van der Waals surface area contributed by atoms with Crippen molar-refractivity contribution in [3.05, 3.63) is 34.9 Å². The molecule has 114 valence electrons. The molecule has 0 saturated carbocycles. The summed E-state index contributed by atoms with van der Waals surface area (Å²) in [6.07, 6.45) is 0.845. The fourth-order valence-corrected chi connectivity index (χ4v) is 2.75. The van der Waals surface area contributed by atoms with Crippen LogP contribution in [0.4, 0.5) is 0 Å². The van der Waals surface area contributed by atoms with Gasteiger partial charge in [0, 0.05) is 24.9 Å². The van der Waals surface area contributed by atoms with Gasteiger partial charge in [0.1, 0.15) is 0 Å². The molecular formula is C17H24N2O2. The first-order chi connectivity index (χ1) is 9.86. The van der Waals surface area contributed by atoms with Gasteiger partial charge in [-0.1, -0.05) is 29.3 Å². The molecule has 1 aromatic rings. The van der Waals surface area contributed by atoms with Gasteiger partial charge >= 0.3 is 5.97 Å². The summed E-state index contributed by atoms with van der Waals surface area (Å²) in [4.78, 5) is 19.6. The van der Waals surface area contributed by atoms with E-state index in [4.69, 9.17) is 4.84 Å². The first kappa shape index (κ1) is 15.7. The molecule has 0 spiro atoms. The summed E-state index contributed by atoms with van der Waals surface area (Å²) in [5, 5.41) is 4.13. The minimum atomic E-state index is -0.381. The molecule has 0 N–H and O–H groups in total. The van der Waals surface area contributed by atoms with E-state index in [9.17, 15) is 4.79 Å². The van der Waals surface area contributed by atoms with E-state index in [-0.39, 0.29) is 5.97 Å². The van der Waals surface area contributed by atoms with Crippen LogP contribution in [0.25, 0.3) is 0 Å². The molecular weight excluding hydrogens is 264 g/mol. The van der Waals surface area contributed by atoms with Gasteiger partial charge in [-0.25, -0.2) is 4.79 Å². The second-order valence-electron chi connectivity index (χ2n) is 6.23. The maximum absolute atomic E-state index is 12.1. The van der Waals surface area contributed by atoms with Gasteiger partial charge in [-0.15, -0.1) is 0 Å². The Morgan fingerprint density at radius 2 is 1.86 bits per heavy atom. The molecule has 1 saturated heterocycles. The van der Waals surface area contributed by atoms with Crippen LogP contribution in [-0.4, -0.2) is 36.2 Å². The molecule has 2 atom stereocenters. The molecule has 1 heterocycles. The zero-order chi connectivity index (χ0) is 15.6. The third-order valence-corrected chi connectivity index (χ3v) is 4.09. The van der Waals surface area contributed by atoms with Gasteiger partial charge in [0.2, 0.25) is 0 Å². The molecule has 0 amide bonds. The number of hydrogen-bond donors (Lipinski definition) is 0. The third kappa shape index (κ3) is 3.91. The highest BCUT2D eigenvalue weighted by Crippen LogP contribution is 2.18. The van der Waals surface area contributed by atoms with Crippen molar-refractivity contribution in [1.82, 2.24) is 4.90 Å². The Labute approximate surface area is 126 Å². The second-order valence-corrected chi connectivity index (χ2v) is 6.23. The van der Waals surface area contributed by atoms with Crippen LogP contribution in [0.5, 0.6) is 0 Å². The predicted octanol–water partition coefficient (Wildman–Crippen LogP) is 3.18. The molecule has 0 aromatic heterocycles. The van der Waals surface area contributed by atoms with Crippen molar-refractivity contribution in [2.45, 2.75) is 40.2 Å². The number of hydrogen-bond acceptors (Lipinski definition) is 4. The molecule has 1 aromatic carbocycles. The van der Waals surface area contributed by atoms with Crippen LogP contribution in [0.1, 0.15) is 41.8 Å². The lowest BCUT2D eigenvalue weighted by atomic mass is 9.93. The minimum Gasteiger partial charge on any atom is -0.313 e. The van der Waals surface area contributed by atoms with Crippen molar-refractivity contribution >= 4 is 11.7 Å². The number of nitrogens with zero attached hydrogens (tertiary/aromatic N) is 2. The lowest BCUT2D eigenvalue weighted by molar-refractivity contribution is 0.0508. The summed E-state index contributed by atoms with van der Waals surface area (Å²) in [5.41, 5.74) is 3.63. The van der Waals surface area contributed by atoms with Crippen LogP contribution in [0.15, 0.2) is 23.4 Å². The molecule has 0 radical (unpaired) electrons. The molecule has 1 aliphatic rings. The smallest absolute Gasteiger partial charge is 0.313 e. The van der Waals surface area contributed by atoms with Crippen LogP contribution in [0, 0.1) is 19.8 Å². The van der Waals surface area contributed by atoms with Crippen molar-refractivity contribution in [3.8, 4) is 0 Å². The predicted molar refractivity (Wildman–Crippen MR) is 84.6 cm³/mol. The second kappa shape index (κ2) is 6.39. The monoisotopic (exact) mass is 288 g/mol. The summed E-state index contributed by atoms with van der Waals surface area (Å²) in [5.74, 6) is -0.0636. The molecule has 0 unspecified atom stereocenters. The molecule has 4 nitrogen and oxygen atoms in total. The molecule has 4 heteroatoms. The van der Waals surface area contributed by atoms with E-state index >= 15 is 0 Å². The lowest BCUT2D eigenvalue weighted by Crippen LogP contribution is -2.43. The van der Waals surface area contributed by atoms with Crippen molar-refractivity contribution in [3.63, 3.8) is 0 Å². The quantitative estimate of drug-likeness (QED) is 0.620. The lowest BCUT2D eigenvalue weighted by Gasteiger charge is -2.34. The number of rotatable bonds is 2. The zero-order valence-corrected chi connectivity index (χ0v) is 13.5. The van der Waals surface area contributed by atoms with Crippen molar-refractivity contribution < 1.29 is 9.63 Å². The number of carbonyl (C=O) groups excluding carboxylic acids is 1.